The van der Waals surface area contributed by atoms with Gasteiger partial charge in [-0.15, -0.1) is 0 Å². The second-order valence-electron chi connectivity index (χ2n) is 2.87. The molecule has 0 radical (unpaired) electrons. The standard InChI is InChI=1S/C10H13ClN2O3/c1-3-15-9-6(10(14)16-4-2)5-7(12)8(11)13-9/h5H,3-4,12H2,1-2H3. The van der Waals surface area contributed by atoms with Crippen molar-refractivity contribution < 1.29 is 14.3 Å². The number of nitrogens with zero attached hydrogens (tertiary/aromatic N) is 1. The van der Waals surface area contributed by atoms with E-state index in [1.54, 1.807) is 13.8 Å². The predicted molar refractivity (Wildman–Crippen MR) is 60.8 cm³/mol. The van der Waals surface area contributed by atoms with E-state index in [-0.39, 0.29) is 28.9 Å². The summed E-state index contributed by atoms with van der Waals surface area (Å²) >= 11 is 5.74. The molecule has 6 heteroatoms. The zero-order chi connectivity index (χ0) is 12.1. The number of aromatic nitrogens is 1. The van der Waals surface area contributed by atoms with Crippen molar-refractivity contribution in [1.29, 1.82) is 0 Å². The molecule has 1 aromatic heterocycles. The molecule has 0 unspecified atom stereocenters. The quantitative estimate of drug-likeness (QED) is 0.647. The summed E-state index contributed by atoms with van der Waals surface area (Å²) in [6.07, 6.45) is 0. The molecule has 2 N–H and O–H groups in total. The van der Waals surface area contributed by atoms with Crippen LogP contribution in [0.25, 0.3) is 0 Å². The van der Waals surface area contributed by atoms with Gasteiger partial charge >= 0.3 is 5.97 Å². The number of pyridine rings is 1. The lowest BCUT2D eigenvalue weighted by Crippen LogP contribution is -2.10. The third kappa shape index (κ3) is 2.76. The Morgan fingerprint density at radius 2 is 2.19 bits per heavy atom. The second kappa shape index (κ2) is 5.55. The molecule has 1 rings (SSSR count). The van der Waals surface area contributed by atoms with Crippen LogP contribution in [0.4, 0.5) is 5.69 Å². The summed E-state index contributed by atoms with van der Waals surface area (Å²) in [5, 5.41) is 0.108. The maximum atomic E-state index is 11.6. The minimum atomic E-state index is -0.526. The van der Waals surface area contributed by atoms with Crippen LogP contribution in [0, 0.1) is 0 Å². The molecule has 5 nitrogen and oxygen atoms in total. The van der Waals surface area contributed by atoms with Crippen molar-refractivity contribution >= 4 is 23.3 Å². The van der Waals surface area contributed by atoms with Crippen LogP contribution < -0.4 is 10.5 Å². The maximum absolute atomic E-state index is 11.6. The molecule has 1 aromatic rings. The SMILES string of the molecule is CCOC(=O)c1cc(N)c(Cl)nc1OCC. The van der Waals surface area contributed by atoms with Gasteiger partial charge in [-0.25, -0.2) is 4.79 Å². The smallest absolute Gasteiger partial charge is 0.343 e. The first-order valence-corrected chi connectivity index (χ1v) is 5.23. The Bertz CT molecular complexity index is 396. The van der Waals surface area contributed by atoms with Crippen LogP contribution in [0.15, 0.2) is 6.07 Å². The molecule has 0 aliphatic carbocycles. The number of hydrogen-bond acceptors (Lipinski definition) is 5. The molecule has 16 heavy (non-hydrogen) atoms. The van der Waals surface area contributed by atoms with Gasteiger partial charge in [-0.05, 0) is 19.9 Å². The first kappa shape index (κ1) is 12.6. The number of anilines is 1. The topological polar surface area (TPSA) is 74.4 Å². The molecular formula is C10H13ClN2O3. The Labute approximate surface area is 98.5 Å². The van der Waals surface area contributed by atoms with Gasteiger partial charge in [-0.2, -0.15) is 4.98 Å². The van der Waals surface area contributed by atoms with Gasteiger partial charge in [0.25, 0.3) is 0 Å². The van der Waals surface area contributed by atoms with Crippen molar-refractivity contribution in [2.75, 3.05) is 18.9 Å². The summed E-state index contributed by atoms with van der Waals surface area (Å²) in [6, 6.07) is 1.40. The normalized spacial score (nSPS) is 9.94. The average molecular weight is 245 g/mol. The van der Waals surface area contributed by atoms with Crippen LogP contribution in [0.2, 0.25) is 5.15 Å². The van der Waals surface area contributed by atoms with Gasteiger partial charge < -0.3 is 15.2 Å². The average Bonchev–Trinajstić information content (AvgIpc) is 2.23. The lowest BCUT2D eigenvalue weighted by atomic mass is 10.2. The van der Waals surface area contributed by atoms with E-state index in [2.05, 4.69) is 4.98 Å². The summed E-state index contributed by atoms with van der Waals surface area (Å²) < 4.78 is 10.0. The van der Waals surface area contributed by atoms with E-state index in [9.17, 15) is 4.79 Å². The van der Waals surface area contributed by atoms with Crippen LogP contribution >= 0.6 is 11.6 Å². The van der Waals surface area contributed by atoms with Gasteiger partial charge in [0.15, 0.2) is 5.15 Å². The van der Waals surface area contributed by atoms with Crippen LogP contribution in [0.1, 0.15) is 24.2 Å². The lowest BCUT2D eigenvalue weighted by Gasteiger charge is -2.09. The molecule has 0 saturated carbocycles. The van der Waals surface area contributed by atoms with E-state index in [1.165, 1.54) is 6.07 Å². The molecule has 0 fully saturated rings. The molecule has 0 aromatic carbocycles. The fraction of sp³-hybridized carbons (Fsp3) is 0.400. The zero-order valence-corrected chi connectivity index (χ0v) is 9.87. The van der Waals surface area contributed by atoms with E-state index in [0.717, 1.165) is 0 Å². The van der Waals surface area contributed by atoms with E-state index in [0.29, 0.717) is 6.61 Å². The van der Waals surface area contributed by atoms with Gasteiger partial charge in [0.2, 0.25) is 5.88 Å². The molecule has 0 saturated heterocycles. The highest BCUT2D eigenvalue weighted by atomic mass is 35.5. The molecule has 0 aliphatic heterocycles. The van der Waals surface area contributed by atoms with E-state index < -0.39 is 5.97 Å². The van der Waals surface area contributed by atoms with Gasteiger partial charge in [0.05, 0.1) is 18.9 Å². The highest BCUT2D eigenvalue weighted by Gasteiger charge is 2.17. The first-order valence-electron chi connectivity index (χ1n) is 4.86. The minimum Gasteiger partial charge on any atom is -0.477 e. The molecule has 1 heterocycles. The van der Waals surface area contributed by atoms with E-state index >= 15 is 0 Å². The molecule has 0 atom stereocenters. The molecule has 0 bridgehead atoms. The number of carbonyl (C=O) groups is 1. The first-order chi connectivity index (χ1) is 7.60. The Balaban J connectivity index is 3.13. The predicted octanol–water partition coefficient (Wildman–Crippen LogP) is 1.89. The third-order valence-electron chi connectivity index (χ3n) is 1.74. The summed E-state index contributed by atoms with van der Waals surface area (Å²) in [5.74, 6) is -0.387. The molecule has 88 valence electrons. The number of ether oxygens (including phenoxy) is 2. The molecule has 0 amide bonds. The van der Waals surface area contributed by atoms with Crippen molar-refractivity contribution in [2.24, 2.45) is 0 Å². The van der Waals surface area contributed by atoms with Crippen LogP contribution in [-0.4, -0.2) is 24.2 Å². The van der Waals surface area contributed by atoms with Gasteiger partial charge in [0.1, 0.15) is 5.56 Å². The zero-order valence-electron chi connectivity index (χ0n) is 9.12. The van der Waals surface area contributed by atoms with Gasteiger partial charge in [0, 0.05) is 0 Å². The number of nitrogens with two attached hydrogens (primary N) is 1. The van der Waals surface area contributed by atoms with Crippen LogP contribution in [0.3, 0.4) is 0 Å². The molecular weight excluding hydrogens is 232 g/mol. The lowest BCUT2D eigenvalue weighted by molar-refractivity contribution is 0.0521. The Hall–Kier alpha value is -1.49. The Kier molecular flexibility index (Phi) is 4.37. The molecule has 0 spiro atoms. The third-order valence-corrected chi connectivity index (χ3v) is 2.05. The highest BCUT2D eigenvalue weighted by Crippen LogP contribution is 2.25. The number of carbonyl (C=O) groups excluding carboxylic acids is 1. The van der Waals surface area contributed by atoms with Crippen LogP contribution in [0.5, 0.6) is 5.88 Å². The molecule has 0 aliphatic rings. The van der Waals surface area contributed by atoms with Crippen molar-refractivity contribution in [1.82, 2.24) is 4.98 Å². The van der Waals surface area contributed by atoms with Gasteiger partial charge in [-0.3, -0.25) is 0 Å². The minimum absolute atomic E-state index is 0.108. The fourth-order valence-corrected chi connectivity index (χ4v) is 1.22. The van der Waals surface area contributed by atoms with Crippen molar-refractivity contribution in [3.05, 3.63) is 16.8 Å². The second-order valence-corrected chi connectivity index (χ2v) is 3.23. The summed E-state index contributed by atoms with van der Waals surface area (Å²) in [7, 11) is 0. The number of hydrogen-bond donors (Lipinski definition) is 1. The van der Waals surface area contributed by atoms with E-state index in [1.807, 2.05) is 0 Å². The summed E-state index contributed by atoms with van der Waals surface area (Å²) in [4.78, 5) is 15.4. The summed E-state index contributed by atoms with van der Waals surface area (Å²) in [5.41, 5.74) is 5.96. The Morgan fingerprint density at radius 3 is 2.75 bits per heavy atom. The number of rotatable bonds is 4. The van der Waals surface area contributed by atoms with E-state index in [4.69, 9.17) is 26.8 Å². The maximum Gasteiger partial charge on any atom is 0.343 e. The fourth-order valence-electron chi connectivity index (χ4n) is 1.09. The van der Waals surface area contributed by atoms with Crippen molar-refractivity contribution in [3.63, 3.8) is 0 Å². The highest BCUT2D eigenvalue weighted by molar-refractivity contribution is 6.32. The van der Waals surface area contributed by atoms with Crippen molar-refractivity contribution in [2.45, 2.75) is 13.8 Å². The monoisotopic (exact) mass is 244 g/mol. The summed E-state index contributed by atoms with van der Waals surface area (Å²) in [6.45, 7) is 4.14. The largest absolute Gasteiger partial charge is 0.477 e. The number of halogens is 1. The van der Waals surface area contributed by atoms with Gasteiger partial charge in [-0.1, -0.05) is 11.6 Å². The number of nitrogen functional groups attached to an aromatic ring is 1. The number of esters is 1. The van der Waals surface area contributed by atoms with Crippen LogP contribution in [-0.2, 0) is 4.74 Å². The Morgan fingerprint density at radius 1 is 1.50 bits per heavy atom. The van der Waals surface area contributed by atoms with Crippen molar-refractivity contribution in [3.8, 4) is 5.88 Å².